The standard InChI is InChI=1S/C24H26N8O2/c1-12-9-15-20-19(26-7-8-27-20)13(2)32(4)21(15)22(29-12)30-17-10-18(31-23(33)14-5-6-14)28-11-16(17)24(34)25-3/h7-11,13-14H,5-6H2,1-4H3,(H,25,34)(H2,28,29,30,31,33)/t13-/m1/s1/i3D3. The molecule has 174 valence electrons. The number of aromatic nitrogens is 4. The Morgan fingerprint density at radius 2 is 1.97 bits per heavy atom. The van der Waals surface area contributed by atoms with Crippen LogP contribution in [-0.4, -0.2) is 45.8 Å². The number of carbonyl (C=O) groups is 2. The molecule has 3 N–H and O–H groups in total. The fraction of sp³-hybridized carbons (Fsp3) is 0.333. The van der Waals surface area contributed by atoms with E-state index < -0.39 is 12.9 Å². The van der Waals surface area contributed by atoms with Crippen LogP contribution >= 0.6 is 0 Å². The quantitative estimate of drug-likeness (QED) is 0.529. The van der Waals surface area contributed by atoms with E-state index >= 15 is 0 Å². The molecule has 0 bridgehead atoms. The summed E-state index contributed by atoms with van der Waals surface area (Å²) in [6, 6.07) is 3.32. The van der Waals surface area contributed by atoms with Crippen molar-refractivity contribution in [3.05, 3.63) is 47.7 Å². The molecule has 3 aromatic heterocycles. The molecule has 0 saturated heterocycles. The molecule has 1 aliphatic heterocycles. The zero-order chi connectivity index (χ0) is 26.5. The van der Waals surface area contributed by atoms with E-state index in [0.29, 0.717) is 11.5 Å². The molecule has 0 spiro atoms. The fourth-order valence-corrected chi connectivity index (χ4v) is 4.11. The number of aryl methyl sites for hydroxylation is 1. The molecule has 5 rings (SSSR count). The number of nitrogens with zero attached hydrogens (tertiary/aromatic N) is 5. The van der Waals surface area contributed by atoms with Crippen molar-refractivity contribution in [1.29, 1.82) is 0 Å². The third-order valence-corrected chi connectivity index (χ3v) is 6.15. The Morgan fingerprint density at radius 1 is 1.18 bits per heavy atom. The summed E-state index contributed by atoms with van der Waals surface area (Å²) >= 11 is 0. The molecule has 2 aliphatic rings. The van der Waals surface area contributed by atoms with Crippen LogP contribution in [0, 0.1) is 12.8 Å². The van der Waals surface area contributed by atoms with Gasteiger partial charge in [0.1, 0.15) is 5.82 Å². The molecule has 1 fully saturated rings. The molecular weight excluding hydrogens is 432 g/mol. The van der Waals surface area contributed by atoms with E-state index in [1.54, 1.807) is 12.4 Å². The summed E-state index contributed by atoms with van der Waals surface area (Å²) in [5.74, 6) is -0.348. The molecule has 10 heteroatoms. The molecule has 1 saturated carbocycles. The van der Waals surface area contributed by atoms with E-state index in [9.17, 15) is 9.59 Å². The minimum atomic E-state index is -2.69. The number of fused-ring (bicyclic) bond motifs is 3. The summed E-state index contributed by atoms with van der Waals surface area (Å²) in [4.78, 5) is 45.2. The number of hydrogen-bond acceptors (Lipinski definition) is 8. The van der Waals surface area contributed by atoms with Gasteiger partial charge in [0.2, 0.25) is 5.91 Å². The van der Waals surface area contributed by atoms with Gasteiger partial charge in [0, 0.05) is 60.0 Å². The minimum Gasteiger partial charge on any atom is -0.363 e. The lowest BCUT2D eigenvalue weighted by atomic mass is 9.97. The van der Waals surface area contributed by atoms with Crippen LogP contribution in [0.25, 0.3) is 11.3 Å². The van der Waals surface area contributed by atoms with Gasteiger partial charge in [-0.2, -0.15) is 0 Å². The average Bonchev–Trinajstić information content (AvgIpc) is 3.67. The number of anilines is 4. The van der Waals surface area contributed by atoms with Crippen LogP contribution < -0.4 is 20.9 Å². The first-order valence-electron chi connectivity index (χ1n) is 12.5. The summed E-state index contributed by atoms with van der Waals surface area (Å²) in [5.41, 5.74) is 4.08. The molecule has 1 atom stereocenters. The van der Waals surface area contributed by atoms with Gasteiger partial charge in [0.25, 0.3) is 5.91 Å². The van der Waals surface area contributed by atoms with Crippen LogP contribution in [0.2, 0.25) is 0 Å². The van der Waals surface area contributed by atoms with Gasteiger partial charge >= 0.3 is 0 Å². The maximum atomic E-state index is 12.9. The van der Waals surface area contributed by atoms with Gasteiger partial charge in [0.15, 0.2) is 5.82 Å². The van der Waals surface area contributed by atoms with Crippen molar-refractivity contribution < 1.29 is 13.7 Å². The number of rotatable bonds is 5. The smallest absolute Gasteiger partial charge is 0.254 e. The Hall–Kier alpha value is -4.08. The largest absolute Gasteiger partial charge is 0.363 e. The van der Waals surface area contributed by atoms with E-state index in [1.807, 2.05) is 37.2 Å². The van der Waals surface area contributed by atoms with E-state index in [0.717, 1.165) is 35.5 Å². The van der Waals surface area contributed by atoms with Gasteiger partial charge in [-0.25, -0.2) is 9.97 Å². The van der Waals surface area contributed by atoms with Crippen molar-refractivity contribution in [1.82, 2.24) is 25.3 Å². The molecule has 34 heavy (non-hydrogen) atoms. The van der Waals surface area contributed by atoms with Crippen LogP contribution in [0.4, 0.5) is 23.0 Å². The zero-order valence-corrected chi connectivity index (χ0v) is 19.0. The highest BCUT2D eigenvalue weighted by atomic mass is 16.2. The number of nitrogens with one attached hydrogen (secondary N) is 3. The van der Waals surface area contributed by atoms with Crippen molar-refractivity contribution >= 4 is 34.8 Å². The topological polar surface area (TPSA) is 125 Å². The molecule has 2 amide bonds. The van der Waals surface area contributed by atoms with Crippen molar-refractivity contribution in [2.24, 2.45) is 5.92 Å². The van der Waals surface area contributed by atoms with Crippen LogP contribution in [0.15, 0.2) is 30.7 Å². The normalized spacial score (nSPS) is 18.0. The SMILES string of the molecule is [2H]C([2H])([2H])NC(=O)c1cnc(NC(=O)C2CC2)cc1Nc1nc(C)cc2c1N(C)[C@H](C)c1nccnc1-2. The average molecular weight is 462 g/mol. The highest BCUT2D eigenvalue weighted by Gasteiger charge is 2.32. The second-order valence-electron chi connectivity index (χ2n) is 8.54. The molecule has 0 unspecified atom stereocenters. The van der Waals surface area contributed by atoms with Crippen LogP contribution in [0.3, 0.4) is 0 Å². The molecule has 0 radical (unpaired) electrons. The highest BCUT2D eigenvalue weighted by Crippen LogP contribution is 2.46. The van der Waals surface area contributed by atoms with Gasteiger partial charge in [-0.3, -0.25) is 19.6 Å². The molecular formula is C24H26N8O2. The molecule has 10 nitrogen and oxygen atoms in total. The predicted octanol–water partition coefficient (Wildman–Crippen LogP) is 3.20. The second-order valence-corrected chi connectivity index (χ2v) is 8.54. The monoisotopic (exact) mass is 461 g/mol. The van der Waals surface area contributed by atoms with Crippen molar-refractivity contribution in [3.8, 4) is 11.3 Å². The van der Waals surface area contributed by atoms with Crippen molar-refractivity contribution in [2.75, 3.05) is 29.6 Å². The first-order valence-corrected chi connectivity index (χ1v) is 11.0. The highest BCUT2D eigenvalue weighted by molar-refractivity contribution is 6.02. The molecule has 3 aromatic rings. The number of amides is 2. The summed E-state index contributed by atoms with van der Waals surface area (Å²) in [6.07, 6.45) is 6.18. The minimum absolute atomic E-state index is 0.00990. The van der Waals surface area contributed by atoms with Gasteiger partial charge in [-0.15, -0.1) is 0 Å². The number of pyridine rings is 2. The maximum absolute atomic E-state index is 12.9. The van der Waals surface area contributed by atoms with E-state index in [2.05, 4.69) is 25.6 Å². The van der Waals surface area contributed by atoms with Crippen LogP contribution in [-0.2, 0) is 4.79 Å². The van der Waals surface area contributed by atoms with Crippen molar-refractivity contribution in [2.45, 2.75) is 32.7 Å². The number of carbonyl (C=O) groups excluding carboxylic acids is 2. The first kappa shape index (κ1) is 18.4. The van der Waals surface area contributed by atoms with Crippen LogP contribution in [0.5, 0.6) is 0 Å². The molecule has 4 heterocycles. The van der Waals surface area contributed by atoms with E-state index in [4.69, 9.17) is 9.10 Å². The van der Waals surface area contributed by atoms with Gasteiger partial charge in [-0.05, 0) is 32.8 Å². The zero-order valence-electron chi connectivity index (χ0n) is 22.0. The second kappa shape index (κ2) is 8.36. The van der Waals surface area contributed by atoms with Crippen LogP contribution in [0.1, 0.15) is 51.7 Å². The Labute approximate surface area is 201 Å². The summed E-state index contributed by atoms with van der Waals surface area (Å²) < 4.78 is 22.3. The third-order valence-electron chi connectivity index (χ3n) is 6.15. The Balaban J connectivity index is 1.60. The van der Waals surface area contributed by atoms with Gasteiger partial charge in [0.05, 0.1) is 34.4 Å². The lowest BCUT2D eigenvalue weighted by Crippen LogP contribution is -2.29. The fourth-order valence-electron chi connectivity index (χ4n) is 4.11. The lowest BCUT2D eigenvalue weighted by molar-refractivity contribution is -0.117. The summed E-state index contributed by atoms with van der Waals surface area (Å²) in [5, 5.41) is 7.97. The Kier molecular flexibility index (Phi) is 4.52. The Bertz CT molecular complexity index is 1410. The van der Waals surface area contributed by atoms with Gasteiger partial charge in [-0.1, -0.05) is 0 Å². The van der Waals surface area contributed by atoms with Gasteiger partial charge < -0.3 is 20.9 Å². The number of hydrogen-bond donors (Lipinski definition) is 3. The van der Waals surface area contributed by atoms with E-state index in [-0.39, 0.29) is 34.9 Å². The first-order chi connectivity index (χ1) is 17.5. The summed E-state index contributed by atoms with van der Waals surface area (Å²) in [7, 11) is 1.92. The van der Waals surface area contributed by atoms with Crippen molar-refractivity contribution in [3.63, 3.8) is 0 Å². The molecule has 0 aromatic carbocycles. The summed E-state index contributed by atoms with van der Waals surface area (Å²) in [6.45, 7) is 1.16. The lowest BCUT2D eigenvalue weighted by Gasteiger charge is -2.35. The third kappa shape index (κ3) is 3.81. The predicted molar refractivity (Wildman–Crippen MR) is 129 cm³/mol. The Morgan fingerprint density at radius 3 is 2.74 bits per heavy atom. The molecule has 1 aliphatic carbocycles. The van der Waals surface area contributed by atoms with E-state index in [1.165, 1.54) is 12.3 Å². The maximum Gasteiger partial charge on any atom is 0.254 e.